The second-order valence-corrected chi connectivity index (χ2v) is 10.4. The highest BCUT2D eigenvalue weighted by atomic mass is 16.1. The minimum atomic E-state index is -0.0198. The number of aromatic amines is 1. The minimum absolute atomic E-state index is 0.0198. The first kappa shape index (κ1) is 25.3. The smallest absolute Gasteiger partial charge is 0.252 e. The lowest BCUT2D eigenvalue weighted by atomic mass is 9.95. The molecule has 0 spiro atoms. The van der Waals surface area contributed by atoms with E-state index in [1.165, 1.54) is 24.8 Å². The number of para-hydroxylation sites is 1. The number of aryl methyl sites for hydroxylation is 1. The van der Waals surface area contributed by atoms with E-state index in [4.69, 9.17) is 0 Å². The molecule has 1 fully saturated rings. The number of hydrogen-bond acceptors (Lipinski definition) is 5. The number of H-pyrrole nitrogens is 1. The van der Waals surface area contributed by atoms with Crippen LogP contribution in [0.2, 0.25) is 0 Å². The molecule has 0 aliphatic heterocycles. The summed E-state index contributed by atoms with van der Waals surface area (Å²) in [7, 11) is 0. The Kier molecular flexibility index (Phi) is 8.09. The minimum Gasteiger partial charge on any atom is -0.321 e. The molecule has 1 saturated carbocycles. The number of nitrogens with zero attached hydrogens (tertiary/aromatic N) is 5. The van der Waals surface area contributed by atoms with Gasteiger partial charge in [-0.3, -0.25) is 9.69 Å². The fourth-order valence-electron chi connectivity index (χ4n) is 5.78. The molecule has 0 bridgehead atoms. The second-order valence-electron chi connectivity index (χ2n) is 10.4. The molecule has 4 aromatic rings. The van der Waals surface area contributed by atoms with E-state index >= 15 is 0 Å². The fourth-order valence-corrected chi connectivity index (χ4v) is 5.78. The summed E-state index contributed by atoms with van der Waals surface area (Å²) in [5.74, 6) is 0.940. The van der Waals surface area contributed by atoms with E-state index in [1.54, 1.807) is 0 Å². The van der Waals surface area contributed by atoms with Crippen LogP contribution in [0, 0.1) is 6.92 Å². The van der Waals surface area contributed by atoms with E-state index in [1.807, 2.05) is 19.1 Å². The van der Waals surface area contributed by atoms with Gasteiger partial charge in [-0.05, 0) is 65.6 Å². The molecule has 2 aromatic carbocycles. The fraction of sp³-hybridized carbons (Fsp3) is 0.467. The van der Waals surface area contributed by atoms with Crippen molar-refractivity contribution in [1.82, 2.24) is 30.1 Å². The summed E-state index contributed by atoms with van der Waals surface area (Å²) in [6.07, 6.45) is 8.85. The average Bonchev–Trinajstić information content (AvgIpc) is 3.41. The molecule has 1 aliphatic carbocycles. The Labute approximate surface area is 218 Å². The van der Waals surface area contributed by atoms with Crippen molar-refractivity contribution in [3.63, 3.8) is 0 Å². The van der Waals surface area contributed by atoms with Gasteiger partial charge in [-0.25, -0.2) is 4.68 Å². The summed E-state index contributed by atoms with van der Waals surface area (Å²) in [4.78, 5) is 18.8. The van der Waals surface area contributed by atoms with Crippen LogP contribution in [-0.4, -0.2) is 36.6 Å². The standard InChI is InChI=1S/C30H38N6O/c1-3-11-27(29-32-33-34-36(29)26-16-8-5-9-17-26)35(19-18-23-13-6-4-7-14-23)21-25-20-24-15-10-12-22(2)28(24)31-30(25)37/h4,6-7,10,12-15,20,26-27H,3,5,8-9,11,16-19,21H2,1-2H3,(H,31,37). The van der Waals surface area contributed by atoms with E-state index in [0.717, 1.165) is 66.5 Å². The summed E-state index contributed by atoms with van der Waals surface area (Å²) in [6.45, 7) is 5.61. The lowest BCUT2D eigenvalue weighted by Crippen LogP contribution is -2.35. The van der Waals surface area contributed by atoms with E-state index < -0.39 is 0 Å². The van der Waals surface area contributed by atoms with Crippen molar-refractivity contribution in [2.24, 2.45) is 0 Å². The highest BCUT2D eigenvalue weighted by Gasteiger charge is 2.29. The van der Waals surface area contributed by atoms with Gasteiger partial charge in [-0.15, -0.1) is 5.10 Å². The third kappa shape index (κ3) is 5.82. The van der Waals surface area contributed by atoms with Gasteiger partial charge in [0.15, 0.2) is 5.82 Å². The predicted octanol–water partition coefficient (Wildman–Crippen LogP) is 5.91. The first-order valence-electron chi connectivity index (χ1n) is 13.8. The van der Waals surface area contributed by atoms with Crippen molar-refractivity contribution in [3.05, 3.63) is 87.5 Å². The summed E-state index contributed by atoms with van der Waals surface area (Å²) in [5, 5.41) is 14.3. The largest absolute Gasteiger partial charge is 0.321 e. The molecule has 1 atom stereocenters. The number of tetrazole rings is 1. The number of rotatable bonds is 10. The molecular formula is C30H38N6O. The van der Waals surface area contributed by atoms with Gasteiger partial charge in [0.05, 0.1) is 17.6 Å². The molecule has 1 N–H and O–H groups in total. The van der Waals surface area contributed by atoms with E-state index in [2.05, 4.69) is 79.5 Å². The Morgan fingerprint density at radius 1 is 1.08 bits per heavy atom. The van der Waals surface area contributed by atoms with E-state index in [0.29, 0.717) is 12.6 Å². The van der Waals surface area contributed by atoms with Crippen LogP contribution in [-0.2, 0) is 13.0 Å². The summed E-state index contributed by atoms with van der Waals surface area (Å²) >= 11 is 0. The Hall–Kier alpha value is -3.32. The van der Waals surface area contributed by atoms with Gasteiger partial charge in [0, 0.05) is 18.7 Å². The number of fused-ring (bicyclic) bond motifs is 1. The molecule has 7 heteroatoms. The zero-order chi connectivity index (χ0) is 25.6. The summed E-state index contributed by atoms with van der Waals surface area (Å²) in [6, 6.07) is 19.2. The first-order valence-corrected chi connectivity index (χ1v) is 13.8. The maximum atomic E-state index is 13.2. The first-order chi connectivity index (χ1) is 18.1. The van der Waals surface area contributed by atoms with Crippen molar-refractivity contribution in [2.45, 2.75) is 83.8 Å². The molecule has 1 aliphatic rings. The van der Waals surface area contributed by atoms with Crippen molar-refractivity contribution in [2.75, 3.05) is 6.54 Å². The number of aromatic nitrogens is 5. The van der Waals surface area contributed by atoms with Crippen molar-refractivity contribution in [1.29, 1.82) is 0 Å². The Morgan fingerprint density at radius 2 is 1.89 bits per heavy atom. The number of benzene rings is 2. The molecule has 194 valence electrons. The highest BCUT2D eigenvalue weighted by Crippen LogP contribution is 2.33. The van der Waals surface area contributed by atoms with Gasteiger partial charge in [0.2, 0.25) is 0 Å². The molecule has 0 radical (unpaired) electrons. The Morgan fingerprint density at radius 3 is 2.68 bits per heavy atom. The molecular weight excluding hydrogens is 460 g/mol. The molecule has 5 rings (SSSR count). The maximum Gasteiger partial charge on any atom is 0.252 e. The van der Waals surface area contributed by atoms with Crippen LogP contribution in [0.25, 0.3) is 10.9 Å². The molecule has 2 aromatic heterocycles. The average molecular weight is 499 g/mol. The van der Waals surface area contributed by atoms with Crippen LogP contribution in [0.15, 0.2) is 59.4 Å². The van der Waals surface area contributed by atoms with Crippen molar-refractivity contribution < 1.29 is 0 Å². The normalized spacial score (nSPS) is 15.4. The van der Waals surface area contributed by atoms with Gasteiger partial charge in [0.1, 0.15) is 0 Å². The molecule has 7 nitrogen and oxygen atoms in total. The molecule has 0 amide bonds. The Balaban J connectivity index is 1.50. The van der Waals surface area contributed by atoms with Gasteiger partial charge >= 0.3 is 0 Å². The van der Waals surface area contributed by atoms with Gasteiger partial charge in [-0.2, -0.15) is 0 Å². The molecule has 0 saturated heterocycles. The highest BCUT2D eigenvalue weighted by molar-refractivity contribution is 5.81. The zero-order valence-electron chi connectivity index (χ0n) is 22.1. The molecule has 37 heavy (non-hydrogen) atoms. The second kappa shape index (κ2) is 11.8. The molecule has 1 unspecified atom stereocenters. The SMILES string of the molecule is CCCC(c1nnnn1C1CCCCC1)N(CCc1ccccc1)Cc1cc2cccc(C)c2[nH]c1=O. The van der Waals surface area contributed by atoms with Crippen LogP contribution in [0.3, 0.4) is 0 Å². The lowest BCUT2D eigenvalue weighted by Gasteiger charge is -2.32. The van der Waals surface area contributed by atoms with Crippen LogP contribution in [0.4, 0.5) is 0 Å². The number of pyridine rings is 1. The zero-order valence-corrected chi connectivity index (χ0v) is 22.1. The third-order valence-corrected chi connectivity index (χ3v) is 7.81. The lowest BCUT2D eigenvalue weighted by molar-refractivity contribution is 0.160. The van der Waals surface area contributed by atoms with Crippen molar-refractivity contribution in [3.8, 4) is 0 Å². The van der Waals surface area contributed by atoms with E-state index in [9.17, 15) is 4.79 Å². The summed E-state index contributed by atoms with van der Waals surface area (Å²) in [5.41, 5.74) is 4.05. The quantitative estimate of drug-likeness (QED) is 0.294. The third-order valence-electron chi connectivity index (χ3n) is 7.81. The Bertz CT molecular complexity index is 1360. The van der Waals surface area contributed by atoms with Crippen LogP contribution in [0.5, 0.6) is 0 Å². The predicted molar refractivity (Wildman–Crippen MR) is 147 cm³/mol. The van der Waals surface area contributed by atoms with E-state index in [-0.39, 0.29) is 11.6 Å². The van der Waals surface area contributed by atoms with Crippen LogP contribution < -0.4 is 5.56 Å². The number of nitrogens with one attached hydrogen (secondary N) is 1. The molecule has 2 heterocycles. The van der Waals surface area contributed by atoms with Gasteiger partial charge in [0.25, 0.3) is 5.56 Å². The van der Waals surface area contributed by atoms with Gasteiger partial charge in [-0.1, -0.05) is 81.1 Å². The monoisotopic (exact) mass is 498 g/mol. The van der Waals surface area contributed by atoms with Crippen LogP contribution >= 0.6 is 0 Å². The maximum absolute atomic E-state index is 13.2. The van der Waals surface area contributed by atoms with Gasteiger partial charge < -0.3 is 4.98 Å². The van der Waals surface area contributed by atoms with Crippen molar-refractivity contribution >= 4 is 10.9 Å². The van der Waals surface area contributed by atoms with Crippen LogP contribution in [0.1, 0.15) is 86.5 Å². The summed E-state index contributed by atoms with van der Waals surface area (Å²) < 4.78 is 2.10. The number of hydrogen-bond donors (Lipinski definition) is 1. The topological polar surface area (TPSA) is 79.7 Å².